The maximum absolute atomic E-state index is 12.7. The summed E-state index contributed by atoms with van der Waals surface area (Å²) in [5.74, 6) is 0.420. The Kier molecular flexibility index (Phi) is 9.24. The normalized spacial score (nSPS) is 11.1. The van der Waals surface area contributed by atoms with Gasteiger partial charge in [-0.05, 0) is 59.1 Å². The molecule has 1 heterocycles. The van der Waals surface area contributed by atoms with Gasteiger partial charge in [-0.2, -0.15) is 4.99 Å². The fourth-order valence-corrected chi connectivity index (χ4v) is 3.25. The lowest BCUT2D eigenvalue weighted by Crippen LogP contribution is -2.16. The molecule has 35 heavy (non-hydrogen) atoms. The van der Waals surface area contributed by atoms with Crippen LogP contribution in [0.15, 0.2) is 64.3 Å². The summed E-state index contributed by atoms with van der Waals surface area (Å²) in [4.78, 5) is 35.8. The minimum absolute atomic E-state index is 0.102. The Labute approximate surface area is 210 Å². The van der Waals surface area contributed by atoms with Gasteiger partial charge in [0.1, 0.15) is 11.3 Å². The molecule has 11 heteroatoms. The van der Waals surface area contributed by atoms with Crippen LogP contribution in [0.25, 0.3) is 0 Å². The molecule has 0 saturated heterocycles. The summed E-state index contributed by atoms with van der Waals surface area (Å²) < 4.78 is 12.1. The standard InChI is InChI=1S/C24H24BrN5O5/c1-3-4-7-12-34-22(19-8-5-6-9-20(19)30(32)33)29-23(31)28-18-10-11-21(16(2)13-18)35-24-26-14-17(25)15-27-24/h5-6,8-11,13-15H,3-4,7,12H2,1-2H3,(H,28,31)/b29-22+. The first kappa shape index (κ1) is 25.8. The van der Waals surface area contributed by atoms with E-state index in [-0.39, 0.29) is 29.8 Å². The average molecular weight is 542 g/mol. The van der Waals surface area contributed by atoms with E-state index in [0.717, 1.165) is 29.3 Å². The number of nitrogens with zero attached hydrogens (tertiary/aromatic N) is 4. The summed E-state index contributed by atoms with van der Waals surface area (Å²) in [5, 5.41) is 14.1. The van der Waals surface area contributed by atoms with Crippen molar-refractivity contribution in [1.82, 2.24) is 9.97 Å². The monoisotopic (exact) mass is 541 g/mol. The average Bonchev–Trinajstić information content (AvgIpc) is 2.84. The van der Waals surface area contributed by atoms with Gasteiger partial charge in [0.25, 0.3) is 5.69 Å². The molecule has 2 aromatic carbocycles. The lowest BCUT2D eigenvalue weighted by atomic mass is 10.2. The summed E-state index contributed by atoms with van der Waals surface area (Å²) in [6.07, 6.45) is 5.79. The Morgan fingerprint density at radius 2 is 1.91 bits per heavy atom. The molecule has 0 atom stereocenters. The van der Waals surface area contributed by atoms with Gasteiger partial charge in [-0.25, -0.2) is 14.8 Å². The Morgan fingerprint density at radius 3 is 2.60 bits per heavy atom. The molecule has 2 amide bonds. The molecule has 0 fully saturated rings. The van der Waals surface area contributed by atoms with Gasteiger partial charge >= 0.3 is 12.0 Å². The maximum atomic E-state index is 12.7. The van der Waals surface area contributed by atoms with Crippen LogP contribution in [0.4, 0.5) is 16.2 Å². The summed E-state index contributed by atoms with van der Waals surface area (Å²) >= 11 is 3.27. The molecule has 0 aliphatic carbocycles. The number of nitro groups is 1. The molecule has 182 valence electrons. The van der Waals surface area contributed by atoms with Gasteiger partial charge in [0.15, 0.2) is 0 Å². The maximum Gasteiger partial charge on any atom is 0.348 e. The van der Waals surface area contributed by atoms with E-state index in [9.17, 15) is 14.9 Å². The number of benzene rings is 2. The van der Waals surface area contributed by atoms with Crippen molar-refractivity contribution in [2.24, 2.45) is 4.99 Å². The van der Waals surface area contributed by atoms with Gasteiger partial charge in [-0.1, -0.05) is 31.9 Å². The Morgan fingerprint density at radius 1 is 1.17 bits per heavy atom. The van der Waals surface area contributed by atoms with E-state index >= 15 is 0 Å². The minimum atomic E-state index is -0.724. The predicted octanol–water partition coefficient (Wildman–Crippen LogP) is 6.43. The van der Waals surface area contributed by atoms with Gasteiger partial charge in [-0.15, -0.1) is 0 Å². The first-order chi connectivity index (χ1) is 16.9. The largest absolute Gasteiger partial charge is 0.477 e. The van der Waals surface area contributed by atoms with E-state index in [2.05, 4.69) is 43.1 Å². The number of carbonyl (C=O) groups is 1. The van der Waals surface area contributed by atoms with Crippen LogP contribution in [0, 0.1) is 17.0 Å². The summed E-state index contributed by atoms with van der Waals surface area (Å²) in [7, 11) is 0. The number of hydrogen-bond donors (Lipinski definition) is 1. The van der Waals surface area contributed by atoms with Crippen molar-refractivity contribution in [3.05, 3.63) is 80.6 Å². The summed E-state index contributed by atoms with van der Waals surface area (Å²) in [5.41, 5.74) is 1.14. The lowest BCUT2D eigenvalue weighted by molar-refractivity contribution is -0.385. The highest BCUT2D eigenvalue weighted by Gasteiger charge is 2.20. The van der Waals surface area contributed by atoms with Gasteiger partial charge < -0.3 is 14.8 Å². The van der Waals surface area contributed by atoms with Crippen molar-refractivity contribution in [1.29, 1.82) is 0 Å². The number of aryl methyl sites for hydroxylation is 1. The number of nitro benzene ring substituents is 1. The summed E-state index contributed by atoms with van der Waals surface area (Å²) in [6, 6.07) is 10.5. The van der Waals surface area contributed by atoms with E-state index in [0.29, 0.717) is 11.4 Å². The molecule has 3 aromatic rings. The Hall–Kier alpha value is -3.86. The third-order valence-corrected chi connectivity index (χ3v) is 5.15. The highest BCUT2D eigenvalue weighted by molar-refractivity contribution is 9.10. The highest BCUT2D eigenvalue weighted by Crippen LogP contribution is 2.26. The number of unbranched alkanes of at least 4 members (excludes halogenated alkanes) is 2. The van der Waals surface area contributed by atoms with Gasteiger partial charge in [0.2, 0.25) is 5.90 Å². The zero-order chi connectivity index (χ0) is 25.2. The highest BCUT2D eigenvalue weighted by atomic mass is 79.9. The molecule has 1 aromatic heterocycles. The van der Waals surface area contributed by atoms with Crippen molar-refractivity contribution in [2.45, 2.75) is 33.1 Å². The fraction of sp³-hybridized carbons (Fsp3) is 0.250. The first-order valence-corrected chi connectivity index (χ1v) is 11.7. The molecular weight excluding hydrogens is 518 g/mol. The number of amides is 2. The van der Waals surface area contributed by atoms with Crippen molar-refractivity contribution < 1.29 is 19.2 Å². The second kappa shape index (κ2) is 12.6. The van der Waals surface area contributed by atoms with E-state index in [1.165, 1.54) is 12.1 Å². The minimum Gasteiger partial charge on any atom is -0.477 e. The van der Waals surface area contributed by atoms with Gasteiger partial charge in [-0.3, -0.25) is 10.1 Å². The van der Waals surface area contributed by atoms with E-state index in [1.807, 2.05) is 6.92 Å². The van der Waals surface area contributed by atoms with Crippen LogP contribution in [-0.2, 0) is 4.74 Å². The number of aliphatic imine (C=N–C) groups is 1. The van der Waals surface area contributed by atoms with E-state index < -0.39 is 11.0 Å². The Balaban J connectivity index is 1.77. The number of hydrogen-bond acceptors (Lipinski definition) is 7. The van der Waals surface area contributed by atoms with Crippen molar-refractivity contribution in [2.75, 3.05) is 11.9 Å². The second-order valence-corrected chi connectivity index (χ2v) is 8.36. The second-order valence-electron chi connectivity index (χ2n) is 7.44. The number of urea groups is 1. The van der Waals surface area contributed by atoms with Crippen LogP contribution >= 0.6 is 15.9 Å². The van der Waals surface area contributed by atoms with Crippen LogP contribution in [0.3, 0.4) is 0 Å². The number of anilines is 1. The van der Waals surface area contributed by atoms with Gasteiger partial charge in [0.05, 0.1) is 16.0 Å². The fourth-order valence-electron chi connectivity index (χ4n) is 3.04. The van der Waals surface area contributed by atoms with Crippen molar-refractivity contribution >= 4 is 39.2 Å². The molecule has 1 N–H and O–H groups in total. The third-order valence-electron chi connectivity index (χ3n) is 4.75. The lowest BCUT2D eigenvalue weighted by Gasteiger charge is -2.11. The molecular formula is C24H24BrN5O5. The zero-order valence-electron chi connectivity index (χ0n) is 19.2. The first-order valence-electron chi connectivity index (χ1n) is 10.9. The number of rotatable bonds is 9. The molecule has 0 spiro atoms. The number of aromatic nitrogens is 2. The molecule has 0 bridgehead atoms. The zero-order valence-corrected chi connectivity index (χ0v) is 20.8. The van der Waals surface area contributed by atoms with Crippen LogP contribution in [0.1, 0.15) is 37.3 Å². The molecule has 3 rings (SSSR count). The third kappa shape index (κ3) is 7.57. The molecule has 10 nitrogen and oxygen atoms in total. The number of ether oxygens (including phenoxy) is 2. The van der Waals surface area contributed by atoms with Crippen LogP contribution < -0.4 is 10.1 Å². The molecule has 0 radical (unpaired) electrons. The number of para-hydroxylation sites is 1. The molecule has 0 aliphatic rings. The van der Waals surface area contributed by atoms with Crippen LogP contribution in [0.2, 0.25) is 0 Å². The quantitative estimate of drug-likeness (QED) is 0.108. The topological polar surface area (TPSA) is 129 Å². The van der Waals surface area contributed by atoms with Crippen molar-refractivity contribution in [3.8, 4) is 11.8 Å². The van der Waals surface area contributed by atoms with Crippen LogP contribution in [-0.4, -0.2) is 33.4 Å². The molecule has 0 saturated carbocycles. The Bertz CT molecular complexity index is 1220. The van der Waals surface area contributed by atoms with Gasteiger partial charge in [0, 0.05) is 24.1 Å². The predicted molar refractivity (Wildman–Crippen MR) is 135 cm³/mol. The SMILES string of the molecule is CCCCCO/C(=N/C(=O)Nc1ccc(Oc2ncc(Br)cn2)c(C)c1)c1ccccc1[N+](=O)[O-]. The number of nitrogens with one attached hydrogen (secondary N) is 1. The van der Waals surface area contributed by atoms with E-state index in [4.69, 9.17) is 9.47 Å². The number of carbonyl (C=O) groups excluding carboxylic acids is 1. The molecule has 0 unspecified atom stereocenters. The van der Waals surface area contributed by atoms with Crippen LogP contribution in [0.5, 0.6) is 11.8 Å². The molecule has 0 aliphatic heterocycles. The number of halogens is 1. The smallest absolute Gasteiger partial charge is 0.348 e. The van der Waals surface area contributed by atoms with E-state index in [1.54, 1.807) is 42.7 Å². The summed E-state index contributed by atoms with van der Waals surface area (Å²) in [6.45, 7) is 4.15. The van der Waals surface area contributed by atoms with Crippen molar-refractivity contribution in [3.63, 3.8) is 0 Å².